The Bertz CT molecular complexity index is 951. The molecule has 1 atom stereocenters. The Kier molecular flexibility index (Phi) is 5.88. The van der Waals surface area contributed by atoms with E-state index in [1.165, 1.54) is 6.07 Å². The van der Waals surface area contributed by atoms with E-state index in [0.717, 1.165) is 34.9 Å². The van der Waals surface area contributed by atoms with Crippen molar-refractivity contribution >= 4 is 16.8 Å². The maximum absolute atomic E-state index is 14.2. The largest absolute Gasteiger partial charge is 0.351 e. The fourth-order valence-electron chi connectivity index (χ4n) is 3.07. The third-order valence-electron chi connectivity index (χ3n) is 4.61. The van der Waals surface area contributed by atoms with Crippen molar-refractivity contribution in [3.05, 3.63) is 59.5 Å². The molecule has 3 aromatic rings. The second kappa shape index (κ2) is 8.33. The predicted octanol–water partition coefficient (Wildman–Crippen LogP) is 3.08. The van der Waals surface area contributed by atoms with Gasteiger partial charge in [0.2, 0.25) is 0 Å². The van der Waals surface area contributed by atoms with E-state index in [0.29, 0.717) is 24.3 Å². The number of rotatable bonds is 7. The van der Waals surface area contributed by atoms with Gasteiger partial charge in [-0.15, -0.1) is 0 Å². The Hall–Kier alpha value is -2.70. The van der Waals surface area contributed by atoms with Gasteiger partial charge in [0.05, 0.1) is 0 Å². The Labute approximate surface area is 157 Å². The fourth-order valence-corrected chi connectivity index (χ4v) is 3.07. The van der Waals surface area contributed by atoms with Crippen LogP contribution in [0.2, 0.25) is 0 Å². The number of fused-ring (bicyclic) bond motifs is 1. The molecule has 0 radical (unpaired) electrons. The summed E-state index contributed by atoms with van der Waals surface area (Å²) in [6, 6.07) is 12.4. The molecule has 0 unspecified atom stereocenters. The van der Waals surface area contributed by atoms with Crippen molar-refractivity contribution in [1.29, 1.82) is 0 Å². The van der Waals surface area contributed by atoms with Gasteiger partial charge in [0.1, 0.15) is 11.5 Å². The first-order valence-corrected chi connectivity index (χ1v) is 9.11. The molecular weight excluding hydrogens is 343 g/mol. The zero-order chi connectivity index (χ0) is 19.4. The summed E-state index contributed by atoms with van der Waals surface area (Å²) < 4.78 is 14.2. The number of aryl methyl sites for hydroxylation is 1. The molecule has 0 saturated carbocycles. The van der Waals surface area contributed by atoms with Gasteiger partial charge in [-0.05, 0) is 55.6 Å². The quantitative estimate of drug-likeness (QED) is 0.516. The van der Waals surface area contributed by atoms with Gasteiger partial charge in [-0.25, -0.2) is 4.39 Å². The lowest BCUT2D eigenvalue weighted by molar-refractivity contribution is 0.0946. The fraction of sp³-hybridized carbons (Fsp3) is 0.286. The topological polar surface area (TPSA) is 96.9 Å². The number of nitrogens with two attached hydrogens (primary N) is 2. The average Bonchev–Trinajstić information content (AvgIpc) is 3.07. The van der Waals surface area contributed by atoms with Crippen LogP contribution in [-0.2, 0) is 0 Å². The molecule has 1 amide bonds. The molecule has 0 saturated heterocycles. The highest BCUT2D eigenvalue weighted by Gasteiger charge is 2.12. The standard InChI is InChI=1S/C21H25FN4O/c1-13-4-7-17(18(22)9-13)14-5-6-15-11-20(26-19(15)10-14)21(27)25-12-16(24)3-2-8-23/h4-7,9-11,16,26H,2-3,8,12,23-24H2,1H3,(H,25,27)/t16-/m0/s1. The number of carbonyl (C=O) groups excluding carboxylic acids is 1. The molecule has 1 heterocycles. The van der Waals surface area contributed by atoms with Crippen LogP contribution >= 0.6 is 0 Å². The van der Waals surface area contributed by atoms with E-state index in [4.69, 9.17) is 11.5 Å². The monoisotopic (exact) mass is 368 g/mol. The number of aromatic amines is 1. The second-order valence-corrected chi connectivity index (χ2v) is 6.87. The SMILES string of the molecule is Cc1ccc(-c2ccc3cc(C(=O)NC[C@@H](N)CCCN)[nH]c3c2)c(F)c1. The van der Waals surface area contributed by atoms with Crippen LogP contribution in [0, 0.1) is 12.7 Å². The minimum atomic E-state index is -0.259. The second-order valence-electron chi connectivity index (χ2n) is 6.87. The molecule has 0 aliphatic rings. The van der Waals surface area contributed by atoms with E-state index in [1.54, 1.807) is 12.1 Å². The molecule has 2 aromatic carbocycles. The van der Waals surface area contributed by atoms with Gasteiger partial charge in [-0.1, -0.05) is 24.3 Å². The summed E-state index contributed by atoms with van der Waals surface area (Å²) in [7, 11) is 0. The van der Waals surface area contributed by atoms with Crippen LogP contribution in [-0.4, -0.2) is 30.0 Å². The van der Waals surface area contributed by atoms with Crippen LogP contribution in [0.25, 0.3) is 22.0 Å². The zero-order valence-corrected chi connectivity index (χ0v) is 15.4. The molecule has 0 aliphatic carbocycles. The highest BCUT2D eigenvalue weighted by Crippen LogP contribution is 2.27. The lowest BCUT2D eigenvalue weighted by atomic mass is 10.0. The summed E-state index contributed by atoms with van der Waals surface area (Å²) in [5, 5.41) is 3.73. The normalized spacial score (nSPS) is 12.3. The first-order chi connectivity index (χ1) is 13.0. The van der Waals surface area contributed by atoms with Gasteiger partial charge in [0, 0.05) is 29.1 Å². The van der Waals surface area contributed by atoms with Crippen LogP contribution in [0.1, 0.15) is 28.9 Å². The van der Waals surface area contributed by atoms with Crippen LogP contribution < -0.4 is 16.8 Å². The van der Waals surface area contributed by atoms with E-state index < -0.39 is 0 Å². The highest BCUT2D eigenvalue weighted by atomic mass is 19.1. The Morgan fingerprint density at radius 3 is 2.78 bits per heavy atom. The maximum atomic E-state index is 14.2. The first-order valence-electron chi connectivity index (χ1n) is 9.11. The maximum Gasteiger partial charge on any atom is 0.267 e. The molecule has 0 spiro atoms. The van der Waals surface area contributed by atoms with Crippen molar-refractivity contribution in [2.45, 2.75) is 25.8 Å². The number of benzene rings is 2. The van der Waals surface area contributed by atoms with Crippen LogP contribution in [0.15, 0.2) is 42.5 Å². The molecule has 3 rings (SSSR count). The molecule has 6 N–H and O–H groups in total. The number of halogens is 1. The molecule has 6 heteroatoms. The summed E-state index contributed by atoms with van der Waals surface area (Å²) in [6.45, 7) is 2.84. The lowest BCUT2D eigenvalue weighted by Gasteiger charge is -2.11. The van der Waals surface area contributed by atoms with E-state index in [9.17, 15) is 9.18 Å². The van der Waals surface area contributed by atoms with Gasteiger partial charge in [-0.3, -0.25) is 4.79 Å². The van der Waals surface area contributed by atoms with Crippen molar-refractivity contribution in [3.8, 4) is 11.1 Å². The summed E-state index contributed by atoms with van der Waals surface area (Å²) in [5.41, 5.74) is 14.8. The Morgan fingerprint density at radius 1 is 1.22 bits per heavy atom. The highest BCUT2D eigenvalue weighted by molar-refractivity contribution is 5.98. The van der Waals surface area contributed by atoms with E-state index in [-0.39, 0.29) is 17.8 Å². The first kappa shape index (κ1) is 19.1. The van der Waals surface area contributed by atoms with Crippen molar-refractivity contribution in [2.24, 2.45) is 11.5 Å². The van der Waals surface area contributed by atoms with Crippen molar-refractivity contribution in [2.75, 3.05) is 13.1 Å². The van der Waals surface area contributed by atoms with Crippen LogP contribution in [0.4, 0.5) is 4.39 Å². The third kappa shape index (κ3) is 4.53. The van der Waals surface area contributed by atoms with Crippen molar-refractivity contribution < 1.29 is 9.18 Å². The lowest BCUT2D eigenvalue weighted by Crippen LogP contribution is -2.37. The molecule has 142 valence electrons. The number of nitrogens with one attached hydrogen (secondary N) is 2. The summed E-state index contributed by atoms with van der Waals surface area (Å²) in [6.07, 6.45) is 1.61. The average molecular weight is 368 g/mol. The number of aromatic nitrogens is 1. The molecule has 5 nitrogen and oxygen atoms in total. The van der Waals surface area contributed by atoms with Crippen molar-refractivity contribution in [3.63, 3.8) is 0 Å². The molecule has 1 aromatic heterocycles. The zero-order valence-electron chi connectivity index (χ0n) is 15.4. The van der Waals surface area contributed by atoms with Gasteiger partial charge >= 0.3 is 0 Å². The smallest absolute Gasteiger partial charge is 0.267 e. The molecule has 0 fully saturated rings. The van der Waals surface area contributed by atoms with Crippen LogP contribution in [0.3, 0.4) is 0 Å². The number of carbonyl (C=O) groups is 1. The summed E-state index contributed by atoms with van der Waals surface area (Å²) >= 11 is 0. The molecule has 0 aliphatic heterocycles. The van der Waals surface area contributed by atoms with E-state index >= 15 is 0 Å². The Balaban J connectivity index is 1.76. The minimum absolute atomic E-state index is 0.113. The van der Waals surface area contributed by atoms with Gasteiger partial charge in [0.25, 0.3) is 5.91 Å². The molecule has 0 bridgehead atoms. The molecular formula is C21H25FN4O. The van der Waals surface area contributed by atoms with Gasteiger partial charge < -0.3 is 21.8 Å². The predicted molar refractivity (Wildman–Crippen MR) is 107 cm³/mol. The van der Waals surface area contributed by atoms with Crippen molar-refractivity contribution in [1.82, 2.24) is 10.3 Å². The number of H-pyrrole nitrogens is 1. The van der Waals surface area contributed by atoms with Gasteiger partial charge in [-0.2, -0.15) is 0 Å². The Morgan fingerprint density at radius 2 is 2.04 bits per heavy atom. The minimum Gasteiger partial charge on any atom is -0.351 e. The number of hydrogen-bond acceptors (Lipinski definition) is 3. The summed E-state index contributed by atoms with van der Waals surface area (Å²) in [4.78, 5) is 15.5. The molecule has 27 heavy (non-hydrogen) atoms. The van der Waals surface area contributed by atoms with E-state index in [1.807, 2.05) is 31.2 Å². The third-order valence-corrected chi connectivity index (χ3v) is 4.61. The number of hydrogen-bond donors (Lipinski definition) is 4. The number of amides is 1. The van der Waals surface area contributed by atoms with Gasteiger partial charge in [0.15, 0.2) is 0 Å². The van der Waals surface area contributed by atoms with Crippen LogP contribution in [0.5, 0.6) is 0 Å². The van der Waals surface area contributed by atoms with E-state index in [2.05, 4.69) is 10.3 Å². The summed E-state index contributed by atoms with van der Waals surface area (Å²) in [5.74, 6) is -0.470.